The molecular weight excluding hydrogens is 405 g/mol. The number of rotatable bonds is 7. The molecule has 3 heterocycles. The number of hydrogen-bond acceptors (Lipinski definition) is 6. The molecule has 8 heteroatoms. The topological polar surface area (TPSA) is 64.1 Å². The van der Waals surface area contributed by atoms with Crippen LogP contribution in [-0.2, 0) is 16.0 Å². The van der Waals surface area contributed by atoms with Crippen LogP contribution in [0.2, 0.25) is 0 Å². The highest BCUT2D eigenvalue weighted by atomic mass is 32.1. The van der Waals surface area contributed by atoms with Crippen molar-refractivity contribution >= 4 is 28.7 Å². The number of amides is 2. The lowest BCUT2D eigenvalue weighted by molar-refractivity contribution is -0.137. The molecule has 1 aromatic heterocycles. The third-order valence-corrected chi connectivity index (χ3v) is 6.44. The second-order valence-corrected chi connectivity index (χ2v) is 8.34. The van der Waals surface area contributed by atoms with Crippen molar-refractivity contribution in [2.24, 2.45) is 0 Å². The van der Waals surface area contributed by atoms with Crippen molar-refractivity contribution in [3.8, 4) is 0 Å². The normalized spacial score (nSPS) is 18.1. The van der Waals surface area contributed by atoms with Gasteiger partial charge in [0.05, 0.1) is 12.2 Å². The van der Waals surface area contributed by atoms with Crippen LogP contribution < -0.4 is 0 Å². The Morgan fingerprint density at radius 2 is 1.70 bits per heavy atom. The number of aliphatic hydroxyl groups is 1. The number of carbonyl (C=O) groups is 2. The third kappa shape index (κ3) is 4.16. The Labute approximate surface area is 178 Å². The van der Waals surface area contributed by atoms with Crippen LogP contribution in [0.3, 0.4) is 0 Å². The maximum absolute atomic E-state index is 13.3. The van der Waals surface area contributed by atoms with Crippen molar-refractivity contribution in [2.45, 2.75) is 6.42 Å². The Hall–Kier alpha value is -2.55. The van der Waals surface area contributed by atoms with E-state index in [1.54, 1.807) is 12.1 Å². The summed E-state index contributed by atoms with van der Waals surface area (Å²) in [6.45, 7) is 3.72. The number of benzene rings is 1. The number of β-amino-alcohol motifs (C(OH)–C–C–N with tert-alkyl or cyclic N) is 1. The molecule has 6 nitrogen and oxygen atoms in total. The number of nitrogens with zero attached hydrogens (tertiary/aromatic N) is 3. The molecule has 30 heavy (non-hydrogen) atoms. The minimum absolute atomic E-state index is 0.109. The third-order valence-electron chi connectivity index (χ3n) is 5.55. The molecule has 2 aromatic rings. The van der Waals surface area contributed by atoms with Gasteiger partial charge in [0, 0.05) is 44.1 Å². The molecule has 2 amide bonds. The average Bonchev–Trinajstić information content (AvgIpc) is 3.35. The number of carbonyl (C=O) groups excluding carboxylic acids is 2. The SMILES string of the molecule is O=C1C(c2cccs2)=C(N2CCN(CCO)CC2)C(=O)N1CCc1ccc(F)cc1. The zero-order valence-electron chi connectivity index (χ0n) is 16.6. The molecule has 1 N–H and O–H groups in total. The first-order valence-corrected chi connectivity index (χ1v) is 10.9. The predicted molar refractivity (Wildman–Crippen MR) is 113 cm³/mol. The molecule has 0 bridgehead atoms. The lowest BCUT2D eigenvalue weighted by atomic mass is 10.1. The maximum atomic E-state index is 13.3. The molecule has 2 aliphatic rings. The molecule has 0 unspecified atom stereocenters. The van der Waals surface area contributed by atoms with Crippen LogP contribution in [0.1, 0.15) is 10.4 Å². The second kappa shape index (κ2) is 9.07. The first-order chi connectivity index (χ1) is 14.6. The standard InChI is InChI=1S/C22H24FN3O3S/c23-17-5-3-16(4-6-17)7-8-26-21(28)19(18-2-1-15-30-18)20(22(26)29)25-11-9-24(10-12-25)13-14-27/h1-6,15,27H,7-14H2. The van der Waals surface area contributed by atoms with E-state index >= 15 is 0 Å². The van der Waals surface area contributed by atoms with E-state index < -0.39 is 0 Å². The molecule has 1 fully saturated rings. The molecule has 158 valence electrons. The Morgan fingerprint density at radius 3 is 2.33 bits per heavy atom. The van der Waals surface area contributed by atoms with Gasteiger partial charge in [-0.25, -0.2) is 4.39 Å². The number of imide groups is 1. The van der Waals surface area contributed by atoms with Crippen molar-refractivity contribution in [1.29, 1.82) is 0 Å². The number of piperazine rings is 1. The number of hydrogen-bond donors (Lipinski definition) is 1. The van der Waals surface area contributed by atoms with Gasteiger partial charge in [-0.1, -0.05) is 18.2 Å². The fraction of sp³-hybridized carbons (Fsp3) is 0.364. The minimum atomic E-state index is -0.309. The van der Waals surface area contributed by atoms with Crippen LogP contribution in [0.5, 0.6) is 0 Å². The highest BCUT2D eigenvalue weighted by molar-refractivity contribution is 7.11. The quantitative estimate of drug-likeness (QED) is 0.681. The number of halogens is 1. The van der Waals surface area contributed by atoms with E-state index in [0.29, 0.717) is 37.3 Å². The molecule has 2 aliphatic heterocycles. The fourth-order valence-electron chi connectivity index (χ4n) is 3.93. The van der Waals surface area contributed by atoms with Crippen LogP contribution in [-0.4, -0.2) is 77.5 Å². The molecule has 1 aromatic carbocycles. The molecule has 0 radical (unpaired) electrons. The Balaban J connectivity index is 1.55. The van der Waals surface area contributed by atoms with Crippen molar-refractivity contribution in [3.63, 3.8) is 0 Å². The Bertz CT molecular complexity index is 935. The monoisotopic (exact) mass is 429 g/mol. The van der Waals surface area contributed by atoms with Crippen LogP contribution in [0, 0.1) is 5.82 Å². The van der Waals surface area contributed by atoms with Crippen molar-refractivity contribution in [3.05, 3.63) is 63.7 Å². The zero-order valence-corrected chi connectivity index (χ0v) is 17.4. The van der Waals surface area contributed by atoms with E-state index in [4.69, 9.17) is 5.11 Å². The average molecular weight is 430 g/mol. The summed E-state index contributed by atoms with van der Waals surface area (Å²) in [5, 5.41) is 11.1. The largest absolute Gasteiger partial charge is 0.395 e. The Kier molecular flexibility index (Phi) is 6.26. The Morgan fingerprint density at radius 1 is 0.967 bits per heavy atom. The summed E-state index contributed by atoms with van der Waals surface area (Å²) >= 11 is 1.45. The van der Waals surface area contributed by atoms with E-state index in [1.807, 2.05) is 22.4 Å². The summed E-state index contributed by atoms with van der Waals surface area (Å²) < 4.78 is 13.1. The first kappa shape index (κ1) is 20.7. The smallest absolute Gasteiger partial charge is 0.277 e. The van der Waals surface area contributed by atoms with Gasteiger partial charge in [0.25, 0.3) is 11.8 Å². The van der Waals surface area contributed by atoms with Gasteiger partial charge in [-0.05, 0) is 35.6 Å². The number of aliphatic hydroxyl groups excluding tert-OH is 1. The minimum Gasteiger partial charge on any atom is -0.395 e. The molecule has 0 atom stereocenters. The fourth-order valence-corrected chi connectivity index (χ4v) is 4.69. The van der Waals surface area contributed by atoms with Crippen molar-refractivity contribution in [1.82, 2.24) is 14.7 Å². The maximum Gasteiger partial charge on any atom is 0.277 e. The highest BCUT2D eigenvalue weighted by Crippen LogP contribution is 2.34. The molecule has 1 saturated heterocycles. The highest BCUT2D eigenvalue weighted by Gasteiger charge is 2.42. The van der Waals surface area contributed by atoms with Gasteiger partial charge in [0.1, 0.15) is 11.5 Å². The first-order valence-electron chi connectivity index (χ1n) is 10.1. The van der Waals surface area contributed by atoms with Crippen LogP contribution >= 0.6 is 11.3 Å². The van der Waals surface area contributed by atoms with Gasteiger partial charge in [-0.3, -0.25) is 19.4 Å². The van der Waals surface area contributed by atoms with Crippen molar-refractivity contribution < 1.29 is 19.1 Å². The lowest BCUT2D eigenvalue weighted by Gasteiger charge is -2.36. The van der Waals surface area contributed by atoms with E-state index in [9.17, 15) is 14.0 Å². The summed E-state index contributed by atoms with van der Waals surface area (Å²) in [4.78, 5) is 32.8. The van der Waals surface area contributed by atoms with E-state index in [0.717, 1.165) is 23.5 Å². The molecule has 0 aliphatic carbocycles. The van der Waals surface area contributed by atoms with E-state index in [-0.39, 0.29) is 30.8 Å². The van der Waals surface area contributed by atoms with Crippen LogP contribution in [0.25, 0.3) is 5.57 Å². The van der Waals surface area contributed by atoms with E-state index in [1.165, 1.54) is 28.4 Å². The molecule has 4 rings (SSSR count). The molecule has 0 saturated carbocycles. The second-order valence-electron chi connectivity index (χ2n) is 7.39. The van der Waals surface area contributed by atoms with Gasteiger partial charge in [0.15, 0.2) is 0 Å². The van der Waals surface area contributed by atoms with E-state index in [2.05, 4.69) is 4.90 Å². The summed E-state index contributed by atoms with van der Waals surface area (Å²) in [7, 11) is 0. The summed E-state index contributed by atoms with van der Waals surface area (Å²) in [6.07, 6.45) is 0.479. The summed E-state index contributed by atoms with van der Waals surface area (Å²) in [5.41, 5.74) is 1.83. The summed E-state index contributed by atoms with van der Waals surface area (Å²) in [5.74, 6) is -0.838. The molecular formula is C22H24FN3O3S. The van der Waals surface area contributed by atoms with Crippen molar-refractivity contribution in [2.75, 3.05) is 45.9 Å². The van der Waals surface area contributed by atoms with Gasteiger partial charge in [-0.2, -0.15) is 0 Å². The molecule has 0 spiro atoms. The van der Waals surface area contributed by atoms with Crippen LogP contribution in [0.15, 0.2) is 47.5 Å². The number of thiophene rings is 1. The lowest BCUT2D eigenvalue weighted by Crippen LogP contribution is -2.48. The van der Waals surface area contributed by atoms with Gasteiger partial charge in [-0.15, -0.1) is 11.3 Å². The van der Waals surface area contributed by atoms with Crippen LogP contribution in [0.4, 0.5) is 4.39 Å². The van der Waals surface area contributed by atoms with Gasteiger partial charge in [0.2, 0.25) is 0 Å². The van der Waals surface area contributed by atoms with Gasteiger partial charge >= 0.3 is 0 Å². The zero-order chi connectivity index (χ0) is 21.1. The summed E-state index contributed by atoms with van der Waals surface area (Å²) in [6, 6.07) is 9.87. The van der Waals surface area contributed by atoms with Gasteiger partial charge < -0.3 is 10.0 Å². The predicted octanol–water partition coefficient (Wildman–Crippen LogP) is 1.82.